The summed E-state index contributed by atoms with van der Waals surface area (Å²) in [6.07, 6.45) is 0.247. The Bertz CT molecular complexity index is 609. The molecule has 0 amide bonds. The number of hydrogen-bond donors (Lipinski definition) is 1. The second kappa shape index (κ2) is 7.68. The van der Waals surface area contributed by atoms with Crippen LogP contribution in [0.1, 0.15) is 54.0 Å². The van der Waals surface area contributed by atoms with Gasteiger partial charge in [0.2, 0.25) is 0 Å². The number of hydrogen-bond acceptors (Lipinski definition) is 3. The van der Waals surface area contributed by atoms with E-state index in [0.29, 0.717) is 6.42 Å². The summed E-state index contributed by atoms with van der Waals surface area (Å²) in [5, 5.41) is 10.0. The van der Waals surface area contributed by atoms with E-state index in [1.165, 1.54) is 0 Å². The van der Waals surface area contributed by atoms with Gasteiger partial charge in [0, 0.05) is 0 Å². The molecule has 0 spiro atoms. The zero-order valence-corrected chi connectivity index (χ0v) is 20.8. The summed E-state index contributed by atoms with van der Waals surface area (Å²) in [5.74, 6) is 1.68. The van der Waals surface area contributed by atoms with Gasteiger partial charge in [-0.15, -0.1) is 0 Å². The van der Waals surface area contributed by atoms with E-state index in [-0.39, 0.29) is 16.2 Å². The molecule has 150 valence electrons. The first-order valence-electron chi connectivity index (χ1n) is 9.65. The average Bonchev–Trinajstić information content (AvgIpc) is 2.37. The van der Waals surface area contributed by atoms with Crippen molar-refractivity contribution < 1.29 is 14.0 Å². The molecule has 3 nitrogen and oxygen atoms in total. The molecule has 0 aliphatic heterocycles. The molecule has 1 unspecified atom stereocenters. The van der Waals surface area contributed by atoms with Gasteiger partial charge in [-0.25, -0.2) is 0 Å². The first-order chi connectivity index (χ1) is 11.5. The monoisotopic (exact) mass is 396 g/mol. The Morgan fingerprint density at radius 2 is 1.27 bits per heavy atom. The van der Waals surface area contributed by atoms with Crippen LogP contribution in [0.3, 0.4) is 0 Å². The average molecular weight is 397 g/mol. The molecule has 26 heavy (non-hydrogen) atoms. The summed E-state index contributed by atoms with van der Waals surface area (Å²) in [7, 11) is -3.95. The number of aliphatic hydroxyl groups is 1. The maximum Gasteiger partial charge on any atom is 0.250 e. The Balaban J connectivity index is 3.33. The van der Waals surface area contributed by atoms with E-state index in [9.17, 15) is 5.11 Å². The van der Waals surface area contributed by atoms with Crippen LogP contribution in [-0.4, -0.2) is 27.8 Å². The number of aliphatic hydroxyl groups excluding tert-OH is 1. The topological polar surface area (TPSA) is 38.7 Å². The smallest absolute Gasteiger partial charge is 0.250 e. The van der Waals surface area contributed by atoms with E-state index in [0.717, 1.165) is 17.1 Å². The molecule has 1 atom stereocenters. The minimum absolute atomic E-state index is 0.113. The minimum Gasteiger partial charge on any atom is -0.541 e. The van der Waals surface area contributed by atoms with Gasteiger partial charge in [-0.05, 0) is 67.3 Å². The van der Waals surface area contributed by atoms with Crippen LogP contribution in [0, 0.1) is 0 Å². The van der Waals surface area contributed by atoms with Gasteiger partial charge in [0.05, 0.1) is 6.10 Å². The third kappa shape index (κ3) is 5.86. The van der Waals surface area contributed by atoms with Crippen molar-refractivity contribution in [3.63, 3.8) is 0 Å². The van der Waals surface area contributed by atoms with E-state index in [1.54, 1.807) is 0 Å². The third-order valence-corrected chi connectivity index (χ3v) is 14.6. The van der Waals surface area contributed by atoms with Crippen LogP contribution >= 0.6 is 0 Å². The maximum absolute atomic E-state index is 9.76. The second-order valence-electron chi connectivity index (χ2n) is 10.6. The summed E-state index contributed by atoms with van der Waals surface area (Å²) < 4.78 is 13.2. The molecule has 0 heterocycles. The van der Waals surface area contributed by atoms with Crippen LogP contribution in [0.5, 0.6) is 11.5 Å². The van der Waals surface area contributed by atoms with Gasteiger partial charge in [-0.2, -0.15) is 0 Å². The van der Waals surface area contributed by atoms with E-state index in [1.807, 2.05) is 19.1 Å². The molecule has 1 N–H and O–H groups in total. The zero-order valence-electron chi connectivity index (χ0n) is 18.8. The van der Waals surface area contributed by atoms with Gasteiger partial charge in [0.1, 0.15) is 11.5 Å². The fraction of sp³-hybridized carbons (Fsp3) is 0.714. The number of benzene rings is 1. The van der Waals surface area contributed by atoms with Crippen LogP contribution in [0.4, 0.5) is 0 Å². The van der Waals surface area contributed by atoms with Gasteiger partial charge < -0.3 is 14.0 Å². The molecule has 1 aromatic carbocycles. The van der Waals surface area contributed by atoms with Crippen molar-refractivity contribution in [3.05, 3.63) is 23.8 Å². The molecule has 0 bridgehead atoms. The van der Waals surface area contributed by atoms with Crippen LogP contribution in [0.2, 0.25) is 36.3 Å². The number of rotatable bonds is 6. The third-order valence-electron chi connectivity index (χ3n) is 5.88. The Hall–Kier alpha value is -0.786. The van der Waals surface area contributed by atoms with Crippen LogP contribution < -0.4 is 8.85 Å². The Morgan fingerprint density at radius 1 is 0.846 bits per heavy atom. The van der Waals surface area contributed by atoms with Crippen molar-refractivity contribution in [2.24, 2.45) is 0 Å². The van der Waals surface area contributed by atoms with Gasteiger partial charge >= 0.3 is 0 Å². The summed E-state index contributed by atoms with van der Waals surface area (Å²) in [4.78, 5) is 0. The first kappa shape index (κ1) is 23.3. The summed E-state index contributed by atoms with van der Waals surface area (Å²) >= 11 is 0. The lowest BCUT2D eigenvalue weighted by Gasteiger charge is -2.39. The normalized spacial score (nSPS) is 14.9. The van der Waals surface area contributed by atoms with Crippen molar-refractivity contribution in [3.8, 4) is 11.5 Å². The van der Waals surface area contributed by atoms with Crippen molar-refractivity contribution in [1.82, 2.24) is 0 Å². The fourth-order valence-corrected chi connectivity index (χ4v) is 4.08. The summed E-state index contributed by atoms with van der Waals surface area (Å²) in [6.45, 7) is 24.3. The highest BCUT2D eigenvalue weighted by molar-refractivity contribution is 6.75. The van der Waals surface area contributed by atoms with Crippen LogP contribution in [-0.2, 0) is 6.42 Å². The lowest BCUT2D eigenvalue weighted by atomic mass is 10.1. The lowest BCUT2D eigenvalue weighted by Crippen LogP contribution is -2.45. The maximum atomic E-state index is 9.76. The Morgan fingerprint density at radius 3 is 1.65 bits per heavy atom. The SMILES string of the molecule is CC(O)Cc1ccc(O[Si](C)(C)C(C)(C)C)c(O[Si](C)(C)C(C)(C)C)c1. The largest absolute Gasteiger partial charge is 0.541 e. The predicted octanol–water partition coefficient (Wildman–Crippen LogP) is 6.38. The van der Waals surface area contributed by atoms with Crippen molar-refractivity contribution in [2.45, 2.75) is 97.3 Å². The molecule has 0 fully saturated rings. The Kier molecular flexibility index (Phi) is 6.87. The lowest BCUT2D eigenvalue weighted by molar-refractivity contribution is 0.195. The molecule has 0 aromatic heterocycles. The van der Waals surface area contributed by atoms with Gasteiger partial charge in [0.25, 0.3) is 16.6 Å². The molecule has 0 aliphatic carbocycles. The van der Waals surface area contributed by atoms with Crippen molar-refractivity contribution in [2.75, 3.05) is 0 Å². The fourth-order valence-electron chi connectivity index (χ4n) is 2.04. The summed E-state index contributed by atoms with van der Waals surface area (Å²) in [6, 6.07) is 6.14. The quantitative estimate of drug-likeness (QED) is 0.567. The van der Waals surface area contributed by atoms with Gasteiger partial charge in [-0.1, -0.05) is 47.6 Å². The van der Waals surface area contributed by atoms with Crippen molar-refractivity contribution in [1.29, 1.82) is 0 Å². The molecule has 1 aromatic rings. The first-order valence-corrected chi connectivity index (χ1v) is 15.5. The second-order valence-corrected chi connectivity index (χ2v) is 20.0. The molecule has 0 saturated heterocycles. The molecule has 0 saturated carbocycles. The molecular formula is C21H40O3Si2. The highest BCUT2D eigenvalue weighted by Crippen LogP contribution is 2.43. The van der Waals surface area contributed by atoms with Crippen LogP contribution in [0.15, 0.2) is 18.2 Å². The zero-order chi connectivity index (χ0) is 20.6. The highest BCUT2D eigenvalue weighted by Gasteiger charge is 2.42. The van der Waals surface area contributed by atoms with Crippen LogP contribution in [0.25, 0.3) is 0 Å². The van der Waals surface area contributed by atoms with Gasteiger partial charge in [0.15, 0.2) is 0 Å². The summed E-state index contributed by atoms with van der Waals surface area (Å²) in [5.41, 5.74) is 1.08. The van der Waals surface area contributed by atoms with E-state index >= 15 is 0 Å². The van der Waals surface area contributed by atoms with Gasteiger partial charge in [-0.3, -0.25) is 0 Å². The van der Waals surface area contributed by atoms with Crippen molar-refractivity contribution >= 4 is 16.6 Å². The van der Waals surface area contributed by atoms with E-state index < -0.39 is 16.6 Å². The highest BCUT2D eigenvalue weighted by atomic mass is 28.4. The molecule has 0 radical (unpaired) electrons. The standard InChI is InChI=1S/C21H40O3Si2/c1-16(22)14-17-12-13-18(23-25(8,9)20(2,3)4)19(15-17)24-26(10,11)21(5,6)7/h12-13,15-16,22H,14H2,1-11H3. The molecule has 1 rings (SSSR count). The molecule has 5 heteroatoms. The van der Waals surface area contributed by atoms with E-state index in [4.69, 9.17) is 8.85 Å². The Labute approximate surface area is 163 Å². The molecular weight excluding hydrogens is 356 g/mol. The predicted molar refractivity (Wildman–Crippen MR) is 117 cm³/mol. The minimum atomic E-state index is -1.99. The molecule has 0 aliphatic rings. The van der Waals surface area contributed by atoms with E-state index in [2.05, 4.69) is 73.8 Å².